The van der Waals surface area contributed by atoms with E-state index in [0.717, 1.165) is 39.1 Å². The van der Waals surface area contributed by atoms with Gasteiger partial charge in [0.05, 0.1) is 12.7 Å². The lowest BCUT2D eigenvalue weighted by Gasteiger charge is -2.33. The minimum atomic E-state index is -0.420. The summed E-state index contributed by atoms with van der Waals surface area (Å²) < 4.78 is 11.3. The number of nitrogens with one attached hydrogen (secondary N) is 1. The van der Waals surface area contributed by atoms with Crippen LogP contribution < -0.4 is 5.32 Å². The van der Waals surface area contributed by atoms with Crippen LogP contribution in [0.25, 0.3) is 0 Å². The highest BCUT2D eigenvalue weighted by Gasteiger charge is 2.27. The van der Waals surface area contributed by atoms with E-state index >= 15 is 0 Å². The van der Waals surface area contributed by atoms with Crippen molar-refractivity contribution in [2.75, 3.05) is 26.2 Å². The van der Waals surface area contributed by atoms with Crippen LogP contribution >= 0.6 is 0 Å². The van der Waals surface area contributed by atoms with Crippen LogP contribution in [-0.2, 0) is 9.47 Å². The molecule has 1 aliphatic heterocycles. The molecule has 2 aliphatic rings. The Kier molecular flexibility index (Phi) is 6.50. The Balaban J connectivity index is 1.55. The van der Waals surface area contributed by atoms with Gasteiger partial charge in [-0.15, -0.1) is 0 Å². The molecule has 0 atom stereocenters. The molecule has 0 unspecified atom stereocenters. The van der Waals surface area contributed by atoms with E-state index in [9.17, 15) is 4.79 Å². The number of carbonyl (C=O) groups excluding carboxylic acids is 1. The average Bonchev–Trinajstić information content (AvgIpc) is 2.95. The van der Waals surface area contributed by atoms with Gasteiger partial charge in [0.25, 0.3) is 0 Å². The summed E-state index contributed by atoms with van der Waals surface area (Å²) in [5.74, 6) is 0. The Morgan fingerprint density at radius 1 is 1.14 bits per heavy atom. The van der Waals surface area contributed by atoms with Gasteiger partial charge in [0.1, 0.15) is 5.60 Å². The lowest BCUT2D eigenvalue weighted by Crippen LogP contribution is -2.43. The Bertz CT molecular complexity index is 340. The molecule has 0 spiro atoms. The quantitative estimate of drug-likeness (QED) is 0.793. The van der Waals surface area contributed by atoms with Crippen molar-refractivity contribution >= 4 is 6.09 Å². The lowest BCUT2D eigenvalue weighted by molar-refractivity contribution is -0.0107. The lowest BCUT2D eigenvalue weighted by atomic mass is 10.1. The van der Waals surface area contributed by atoms with Crippen LogP contribution in [0.4, 0.5) is 4.79 Å². The molecule has 128 valence electrons. The van der Waals surface area contributed by atoms with Crippen molar-refractivity contribution in [1.82, 2.24) is 10.2 Å². The second-order valence-corrected chi connectivity index (χ2v) is 7.47. The zero-order valence-electron chi connectivity index (χ0n) is 14.4. The summed E-state index contributed by atoms with van der Waals surface area (Å²) in [4.78, 5) is 13.8. The molecular formula is C17H32N2O3. The molecule has 22 heavy (non-hydrogen) atoms. The molecule has 1 saturated heterocycles. The Labute approximate surface area is 134 Å². The Morgan fingerprint density at radius 3 is 2.36 bits per heavy atom. The summed E-state index contributed by atoms with van der Waals surface area (Å²) in [6, 6.07) is 0.706. The highest BCUT2D eigenvalue weighted by Crippen LogP contribution is 2.18. The minimum Gasteiger partial charge on any atom is -0.444 e. The van der Waals surface area contributed by atoms with E-state index < -0.39 is 5.60 Å². The first-order chi connectivity index (χ1) is 10.4. The Hall–Kier alpha value is -0.810. The summed E-state index contributed by atoms with van der Waals surface area (Å²) in [5, 5.41) is 3.56. The van der Waals surface area contributed by atoms with Crippen LogP contribution in [0.2, 0.25) is 0 Å². The number of piperidine rings is 1. The zero-order valence-corrected chi connectivity index (χ0v) is 14.4. The number of ether oxygens (including phenoxy) is 2. The third-order valence-corrected chi connectivity index (χ3v) is 4.34. The van der Waals surface area contributed by atoms with Gasteiger partial charge in [0.2, 0.25) is 0 Å². The first kappa shape index (κ1) is 17.5. The fourth-order valence-corrected chi connectivity index (χ4v) is 3.15. The molecule has 5 heteroatoms. The number of rotatable bonds is 5. The number of hydrogen-bond acceptors (Lipinski definition) is 4. The van der Waals surface area contributed by atoms with Crippen molar-refractivity contribution in [3.8, 4) is 0 Å². The monoisotopic (exact) mass is 312 g/mol. The first-order valence-electron chi connectivity index (χ1n) is 8.77. The smallest absolute Gasteiger partial charge is 0.410 e. The van der Waals surface area contributed by atoms with Gasteiger partial charge in [-0.05, 0) is 46.5 Å². The van der Waals surface area contributed by atoms with Gasteiger partial charge in [-0.2, -0.15) is 0 Å². The first-order valence-corrected chi connectivity index (χ1v) is 8.77. The highest BCUT2D eigenvalue weighted by molar-refractivity contribution is 5.68. The molecule has 1 saturated carbocycles. The molecule has 1 N–H and O–H groups in total. The molecule has 1 aliphatic carbocycles. The number of hydrogen-bond donors (Lipinski definition) is 1. The maximum Gasteiger partial charge on any atom is 0.410 e. The standard InChI is InChI=1S/C17H32N2O3/c1-17(2,3)22-16(20)19-11-8-15(9-12-19)21-13-10-18-14-6-4-5-7-14/h14-15,18H,4-13H2,1-3H3. The van der Waals surface area contributed by atoms with E-state index in [4.69, 9.17) is 9.47 Å². The summed E-state index contributed by atoms with van der Waals surface area (Å²) in [6.45, 7) is 8.88. The molecule has 0 aromatic carbocycles. The third-order valence-electron chi connectivity index (χ3n) is 4.34. The molecular weight excluding hydrogens is 280 g/mol. The van der Waals surface area contributed by atoms with E-state index in [2.05, 4.69) is 5.32 Å². The molecule has 2 rings (SSSR count). The predicted molar refractivity (Wildman–Crippen MR) is 87.0 cm³/mol. The summed E-state index contributed by atoms with van der Waals surface area (Å²) in [6.07, 6.45) is 7.25. The van der Waals surface area contributed by atoms with E-state index in [0.29, 0.717) is 6.04 Å². The van der Waals surface area contributed by atoms with Crippen molar-refractivity contribution in [2.45, 2.75) is 77.0 Å². The van der Waals surface area contributed by atoms with E-state index in [1.54, 1.807) is 4.90 Å². The van der Waals surface area contributed by atoms with Crippen LogP contribution in [0.1, 0.15) is 59.3 Å². The predicted octanol–water partition coefficient (Wildman–Crippen LogP) is 2.93. The Morgan fingerprint density at radius 2 is 1.77 bits per heavy atom. The van der Waals surface area contributed by atoms with Gasteiger partial charge in [-0.25, -0.2) is 4.79 Å². The average molecular weight is 312 g/mol. The van der Waals surface area contributed by atoms with Crippen molar-refractivity contribution in [1.29, 1.82) is 0 Å². The van der Waals surface area contributed by atoms with Gasteiger partial charge in [0.15, 0.2) is 0 Å². The number of likely N-dealkylation sites (tertiary alicyclic amines) is 1. The summed E-state index contributed by atoms with van der Waals surface area (Å²) in [5.41, 5.74) is -0.420. The number of carbonyl (C=O) groups is 1. The fraction of sp³-hybridized carbons (Fsp3) is 0.941. The molecule has 0 bridgehead atoms. The van der Waals surface area contributed by atoms with E-state index in [-0.39, 0.29) is 12.2 Å². The van der Waals surface area contributed by atoms with Gasteiger partial charge in [-0.3, -0.25) is 0 Å². The zero-order chi connectivity index (χ0) is 16.0. The second kappa shape index (κ2) is 8.16. The molecule has 0 aromatic rings. The fourth-order valence-electron chi connectivity index (χ4n) is 3.15. The van der Waals surface area contributed by atoms with Gasteiger partial charge in [0, 0.05) is 25.7 Å². The third kappa shape index (κ3) is 6.13. The molecule has 0 radical (unpaired) electrons. The maximum absolute atomic E-state index is 12.0. The largest absolute Gasteiger partial charge is 0.444 e. The van der Waals surface area contributed by atoms with E-state index in [1.807, 2.05) is 20.8 Å². The van der Waals surface area contributed by atoms with Crippen LogP contribution in [0.5, 0.6) is 0 Å². The van der Waals surface area contributed by atoms with E-state index in [1.165, 1.54) is 25.7 Å². The molecule has 5 nitrogen and oxygen atoms in total. The van der Waals surface area contributed by atoms with Gasteiger partial charge < -0.3 is 19.7 Å². The number of nitrogens with zero attached hydrogens (tertiary/aromatic N) is 1. The minimum absolute atomic E-state index is 0.200. The van der Waals surface area contributed by atoms with Crippen molar-refractivity contribution in [3.63, 3.8) is 0 Å². The van der Waals surface area contributed by atoms with Gasteiger partial charge in [-0.1, -0.05) is 12.8 Å². The maximum atomic E-state index is 12.0. The summed E-state index contributed by atoms with van der Waals surface area (Å²) in [7, 11) is 0. The molecule has 0 aromatic heterocycles. The normalized spacial score (nSPS) is 21.3. The van der Waals surface area contributed by atoms with Crippen LogP contribution in [0.3, 0.4) is 0 Å². The van der Waals surface area contributed by atoms with Gasteiger partial charge >= 0.3 is 6.09 Å². The molecule has 1 amide bonds. The summed E-state index contributed by atoms with van der Waals surface area (Å²) >= 11 is 0. The van der Waals surface area contributed by atoms with Crippen LogP contribution in [0, 0.1) is 0 Å². The highest BCUT2D eigenvalue weighted by atomic mass is 16.6. The topological polar surface area (TPSA) is 50.8 Å². The molecule has 1 heterocycles. The van der Waals surface area contributed by atoms with Crippen molar-refractivity contribution in [2.24, 2.45) is 0 Å². The van der Waals surface area contributed by atoms with Crippen molar-refractivity contribution < 1.29 is 14.3 Å². The SMILES string of the molecule is CC(C)(C)OC(=O)N1CCC(OCCNC2CCCC2)CC1. The van der Waals surface area contributed by atoms with Crippen LogP contribution in [-0.4, -0.2) is 55.0 Å². The number of amides is 1. The second-order valence-electron chi connectivity index (χ2n) is 7.47. The van der Waals surface area contributed by atoms with Crippen molar-refractivity contribution in [3.05, 3.63) is 0 Å². The van der Waals surface area contributed by atoms with Crippen LogP contribution in [0.15, 0.2) is 0 Å². The molecule has 2 fully saturated rings.